The van der Waals surface area contributed by atoms with Crippen LogP contribution in [0.25, 0.3) is 0 Å². The van der Waals surface area contributed by atoms with Gasteiger partial charge in [0.2, 0.25) is 0 Å². The lowest BCUT2D eigenvalue weighted by molar-refractivity contribution is -0.0133. The van der Waals surface area contributed by atoms with Crippen molar-refractivity contribution in [3.8, 4) is 0 Å². The van der Waals surface area contributed by atoms with Crippen LogP contribution in [0.1, 0.15) is 24.6 Å². The van der Waals surface area contributed by atoms with Gasteiger partial charge in [-0.2, -0.15) is 0 Å². The van der Waals surface area contributed by atoms with E-state index in [0.29, 0.717) is 12.2 Å². The van der Waals surface area contributed by atoms with E-state index in [1.165, 1.54) is 4.88 Å². The fraction of sp³-hybridized carbons (Fsp3) is 0.714. The van der Waals surface area contributed by atoms with Crippen LogP contribution < -0.4 is 5.32 Å². The van der Waals surface area contributed by atoms with Crippen molar-refractivity contribution in [2.75, 3.05) is 26.3 Å². The highest BCUT2D eigenvalue weighted by atomic mass is 32.1. The van der Waals surface area contributed by atoms with Gasteiger partial charge in [0.25, 0.3) is 0 Å². The molecule has 0 bridgehead atoms. The highest BCUT2D eigenvalue weighted by molar-refractivity contribution is 7.09. The number of hydrogen-bond acceptors (Lipinski definition) is 4. The number of thiophene rings is 1. The minimum atomic E-state index is 0.303. The van der Waals surface area contributed by atoms with Crippen molar-refractivity contribution in [3.63, 3.8) is 0 Å². The SMILES string of the molecule is CCNCC1CCC(COCCc2cccs2)O1. The summed E-state index contributed by atoms with van der Waals surface area (Å²) in [6.45, 7) is 5.66. The van der Waals surface area contributed by atoms with Crippen LogP contribution in [-0.2, 0) is 15.9 Å². The minimum Gasteiger partial charge on any atom is -0.378 e. The third kappa shape index (κ3) is 4.69. The fourth-order valence-corrected chi connectivity index (χ4v) is 2.89. The third-order valence-corrected chi connectivity index (χ3v) is 4.13. The molecule has 2 unspecified atom stereocenters. The zero-order valence-electron chi connectivity index (χ0n) is 11.1. The van der Waals surface area contributed by atoms with Gasteiger partial charge >= 0.3 is 0 Å². The Kier molecular flexibility index (Phi) is 6.14. The van der Waals surface area contributed by atoms with Gasteiger partial charge in [-0.25, -0.2) is 0 Å². The molecule has 0 aliphatic carbocycles. The monoisotopic (exact) mass is 269 g/mol. The highest BCUT2D eigenvalue weighted by Crippen LogP contribution is 2.19. The number of nitrogens with one attached hydrogen (secondary N) is 1. The van der Waals surface area contributed by atoms with Crippen LogP contribution in [0.3, 0.4) is 0 Å². The Bertz CT molecular complexity index is 316. The van der Waals surface area contributed by atoms with Gasteiger partial charge in [0, 0.05) is 17.8 Å². The van der Waals surface area contributed by atoms with E-state index in [4.69, 9.17) is 9.47 Å². The molecule has 2 heterocycles. The quantitative estimate of drug-likeness (QED) is 0.735. The van der Waals surface area contributed by atoms with Crippen LogP contribution in [0.5, 0.6) is 0 Å². The summed E-state index contributed by atoms with van der Waals surface area (Å²) >= 11 is 1.80. The molecule has 0 radical (unpaired) electrons. The van der Waals surface area contributed by atoms with Crippen LogP contribution in [-0.4, -0.2) is 38.5 Å². The summed E-state index contributed by atoms with van der Waals surface area (Å²) < 4.78 is 11.6. The van der Waals surface area contributed by atoms with E-state index in [-0.39, 0.29) is 0 Å². The van der Waals surface area contributed by atoms with E-state index in [0.717, 1.165) is 45.6 Å². The Morgan fingerprint density at radius 2 is 2.33 bits per heavy atom. The summed E-state index contributed by atoms with van der Waals surface area (Å²) in [6, 6.07) is 4.25. The van der Waals surface area contributed by atoms with Crippen molar-refractivity contribution in [2.45, 2.75) is 38.4 Å². The molecule has 1 saturated heterocycles. The molecule has 0 amide bonds. The molecule has 102 valence electrons. The van der Waals surface area contributed by atoms with Gasteiger partial charge in [-0.3, -0.25) is 0 Å². The molecule has 4 heteroatoms. The number of ether oxygens (including phenoxy) is 2. The third-order valence-electron chi connectivity index (χ3n) is 3.19. The van der Waals surface area contributed by atoms with Gasteiger partial charge in [-0.1, -0.05) is 13.0 Å². The smallest absolute Gasteiger partial charge is 0.0813 e. The molecule has 3 nitrogen and oxygen atoms in total. The minimum absolute atomic E-state index is 0.303. The standard InChI is InChI=1S/C14H23NO2S/c1-2-15-10-12-5-6-13(17-12)11-16-8-7-14-4-3-9-18-14/h3-4,9,12-13,15H,2,5-8,10-11H2,1H3. The van der Waals surface area contributed by atoms with E-state index in [1.807, 2.05) is 0 Å². The fourth-order valence-electron chi connectivity index (χ4n) is 2.20. The summed E-state index contributed by atoms with van der Waals surface area (Å²) in [5, 5.41) is 5.44. The molecule has 0 saturated carbocycles. The van der Waals surface area contributed by atoms with E-state index in [1.54, 1.807) is 11.3 Å². The largest absolute Gasteiger partial charge is 0.378 e. The summed E-state index contributed by atoms with van der Waals surface area (Å²) in [7, 11) is 0. The Labute approximate surface area is 113 Å². The second-order valence-electron chi connectivity index (χ2n) is 4.67. The van der Waals surface area contributed by atoms with Gasteiger partial charge < -0.3 is 14.8 Å². The first kappa shape index (κ1) is 14.0. The Balaban J connectivity index is 1.52. The van der Waals surface area contributed by atoms with Crippen molar-refractivity contribution >= 4 is 11.3 Å². The normalized spacial score (nSPS) is 23.6. The molecule has 1 N–H and O–H groups in total. The molecule has 1 aromatic heterocycles. The summed E-state index contributed by atoms with van der Waals surface area (Å²) in [5.74, 6) is 0. The molecule has 1 aliphatic heterocycles. The summed E-state index contributed by atoms with van der Waals surface area (Å²) in [6.07, 6.45) is 4.00. The van der Waals surface area contributed by atoms with Crippen LogP contribution >= 0.6 is 11.3 Å². The van der Waals surface area contributed by atoms with E-state index in [2.05, 4.69) is 29.8 Å². The number of hydrogen-bond donors (Lipinski definition) is 1. The van der Waals surface area contributed by atoms with Gasteiger partial charge in [-0.05, 0) is 30.8 Å². The maximum absolute atomic E-state index is 5.92. The van der Waals surface area contributed by atoms with Crippen LogP contribution in [0.15, 0.2) is 17.5 Å². The average Bonchev–Trinajstić information content (AvgIpc) is 3.04. The predicted octanol–water partition coefficient (Wildman–Crippen LogP) is 2.46. The molecule has 1 fully saturated rings. The Morgan fingerprint density at radius 3 is 3.11 bits per heavy atom. The number of likely N-dealkylation sites (N-methyl/N-ethyl adjacent to an activating group) is 1. The Morgan fingerprint density at radius 1 is 1.44 bits per heavy atom. The zero-order valence-corrected chi connectivity index (χ0v) is 11.9. The van der Waals surface area contributed by atoms with Gasteiger partial charge in [0.1, 0.15) is 0 Å². The topological polar surface area (TPSA) is 30.5 Å². The van der Waals surface area contributed by atoms with Crippen LogP contribution in [0.2, 0.25) is 0 Å². The van der Waals surface area contributed by atoms with Crippen molar-refractivity contribution in [3.05, 3.63) is 22.4 Å². The van der Waals surface area contributed by atoms with Crippen LogP contribution in [0.4, 0.5) is 0 Å². The summed E-state index contributed by atoms with van der Waals surface area (Å²) in [5.41, 5.74) is 0. The second-order valence-corrected chi connectivity index (χ2v) is 5.70. The molecule has 18 heavy (non-hydrogen) atoms. The van der Waals surface area contributed by atoms with Gasteiger partial charge in [0.05, 0.1) is 25.4 Å². The maximum atomic E-state index is 5.92. The molecule has 1 aliphatic rings. The molecular formula is C14H23NO2S. The summed E-state index contributed by atoms with van der Waals surface area (Å²) in [4.78, 5) is 1.40. The molecule has 2 atom stereocenters. The van der Waals surface area contributed by atoms with Crippen molar-refractivity contribution in [1.29, 1.82) is 0 Å². The van der Waals surface area contributed by atoms with Crippen LogP contribution in [0, 0.1) is 0 Å². The second kappa shape index (κ2) is 7.89. The van der Waals surface area contributed by atoms with E-state index >= 15 is 0 Å². The Hall–Kier alpha value is -0.420. The average molecular weight is 269 g/mol. The van der Waals surface area contributed by atoms with Crippen molar-refractivity contribution < 1.29 is 9.47 Å². The van der Waals surface area contributed by atoms with Crippen molar-refractivity contribution in [2.24, 2.45) is 0 Å². The first-order chi connectivity index (χ1) is 8.88. The first-order valence-electron chi connectivity index (χ1n) is 6.84. The molecule has 0 aromatic carbocycles. The van der Waals surface area contributed by atoms with E-state index < -0.39 is 0 Å². The van der Waals surface area contributed by atoms with Crippen molar-refractivity contribution in [1.82, 2.24) is 5.32 Å². The highest BCUT2D eigenvalue weighted by Gasteiger charge is 2.24. The number of rotatable bonds is 8. The molecule has 0 spiro atoms. The lowest BCUT2D eigenvalue weighted by atomic mass is 10.2. The van der Waals surface area contributed by atoms with E-state index in [9.17, 15) is 0 Å². The first-order valence-corrected chi connectivity index (χ1v) is 7.72. The van der Waals surface area contributed by atoms with Gasteiger partial charge in [-0.15, -0.1) is 11.3 Å². The lowest BCUT2D eigenvalue weighted by Gasteiger charge is -2.14. The molecular weight excluding hydrogens is 246 g/mol. The molecule has 1 aromatic rings. The lowest BCUT2D eigenvalue weighted by Crippen LogP contribution is -2.27. The maximum Gasteiger partial charge on any atom is 0.0813 e. The molecule has 2 rings (SSSR count). The zero-order chi connectivity index (χ0) is 12.6. The predicted molar refractivity (Wildman–Crippen MR) is 75.3 cm³/mol. The van der Waals surface area contributed by atoms with Gasteiger partial charge in [0.15, 0.2) is 0 Å².